The van der Waals surface area contributed by atoms with Gasteiger partial charge in [0, 0.05) is 6.61 Å². The van der Waals surface area contributed by atoms with Crippen LogP contribution in [0.5, 0.6) is 0 Å². The van der Waals surface area contributed by atoms with Gasteiger partial charge in [0.2, 0.25) is 9.76 Å². The highest BCUT2D eigenvalue weighted by atomic mass is 28.2. The van der Waals surface area contributed by atoms with Gasteiger partial charge in [-0.2, -0.15) is 0 Å². The molecule has 0 spiro atoms. The Morgan fingerprint density at radius 1 is 1.70 bits per heavy atom. The van der Waals surface area contributed by atoms with Crippen LogP contribution in [0.4, 0.5) is 0 Å². The van der Waals surface area contributed by atoms with E-state index in [0.29, 0.717) is 12.2 Å². The van der Waals surface area contributed by atoms with Gasteiger partial charge >= 0.3 is 0 Å². The van der Waals surface area contributed by atoms with Crippen LogP contribution in [0.1, 0.15) is 20.3 Å². The highest BCUT2D eigenvalue weighted by Crippen LogP contribution is 1.88. The molecule has 0 aromatic heterocycles. The number of allylic oxidation sites excluding steroid dienone is 1. The Morgan fingerprint density at radius 2 is 2.30 bits per heavy atom. The summed E-state index contributed by atoms with van der Waals surface area (Å²) < 4.78 is 5.13. The number of rotatable bonds is 5. The van der Waals surface area contributed by atoms with Crippen LogP contribution in [0.25, 0.3) is 0 Å². The van der Waals surface area contributed by atoms with E-state index >= 15 is 0 Å². The summed E-state index contributed by atoms with van der Waals surface area (Å²) >= 11 is 0. The molecule has 3 heteroatoms. The molecule has 0 amide bonds. The molecule has 0 fully saturated rings. The van der Waals surface area contributed by atoms with E-state index in [1.807, 2.05) is 6.92 Å². The Labute approximate surface area is 64.2 Å². The molecule has 0 atom stereocenters. The first-order valence-corrected chi connectivity index (χ1v) is 4.73. The van der Waals surface area contributed by atoms with E-state index in [0.717, 1.165) is 6.42 Å². The van der Waals surface area contributed by atoms with Crippen LogP contribution in [0, 0.1) is 0 Å². The van der Waals surface area contributed by atoms with Crippen LogP contribution < -0.4 is 0 Å². The molecule has 0 aliphatic carbocycles. The molecule has 58 valence electrons. The minimum Gasteiger partial charge on any atom is -0.415 e. The van der Waals surface area contributed by atoms with Gasteiger partial charge in [-0.3, -0.25) is 4.79 Å². The van der Waals surface area contributed by atoms with E-state index in [2.05, 4.69) is 6.58 Å². The van der Waals surface area contributed by atoms with Crippen LogP contribution in [-0.4, -0.2) is 21.8 Å². The van der Waals surface area contributed by atoms with Crippen molar-refractivity contribution >= 4 is 15.2 Å². The van der Waals surface area contributed by atoms with Crippen molar-refractivity contribution in [1.29, 1.82) is 0 Å². The molecule has 0 saturated heterocycles. The fourth-order valence-corrected chi connectivity index (χ4v) is 1.30. The Hall–Kier alpha value is -0.413. The van der Waals surface area contributed by atoms with Gasteiger partial charge in [-0.25, -0.2) is 0 Å². The average molecular weight is 158 g/mol. The summed E-state index contributed by atoms with van der Waals surface area (Å²) in [4.78, 5) is 10.9. The SMILES string of the molecule is C=C(C)C(=O)[SiH2]OCCC. The fraction of sp³-hybridized carbons (Fsp3) is 0.571. The summed E-state index contributed by atoms with van der Waals surface area (Å²) in [5, 5.41) is 0.133. The van der Waals surface area contributed by atoms with Gasteiger partial charge in [-0.05, 0) is 18.9 Å². The van der Waals surface area contributed by atoms with Gasteiger partial charge in [0.15, 0.2) is 5.41 Å². The molecule has 0 saturated carbocycles. The van der Waals surface area contributed by atoms with E-state index in [1.165, 1.54) is 0 Å². The fourth-order valence-electron chi connectivity index (χ4n) is 0.432. The third-order valence-electron chi connectivity index (χ3n) is 1.06. The third kappa shape index (κ3) is 4.46. The van der Waals surface area contributed by atoms with Gasteiger partial charge in [-0.1, -0.05) is 13.5 Å². The standard InChI is InChI=1S/C7H14O2Si/c1-4-5-9-10-7(8)6(2)3/h2,4-5,10H2,1,3H3. The Bertz CT molecular complexity index is 132. The second kappa shape index (κ2) is 5.38. The van der Waals surface area contributed by atoms with Gasteiger partial charge in [-0.15, -0.1) is 0 Å². The summed E-state index contributed by atoms with van der Waals surface area (Å²) in [5.41, 5.74) is 0.628. The van der Waals surface area contributed by atoms with Crippen molar-refractivity contribution in [2.45, 2.75) is 20.3 Å². The first-order valence-electron chi connectivity index (χ1n) is 3.45. The van der Waals surface area contributed by atoms with Crippen molar-refractivity contribution in [2.24, 2.45) is 0 Å². The summed E-state index contributed by atoms with van der Waals surface area (Å²) in [6, 6.07) is 0. The zero-order valence-electron chi connectivity index (χ0n) is 6.64. The largest absolute Gasteiger partial charge is 0.415 e. The topological polar surface area (TPSA) is 26.3 Å². The predicted octanol–water partition coefficient (Wildman–Crippen LogP) is 0.599. The lowest BCUT2D eigenvalue weighted by Crippen LogP contribution is -2.13. The maximum absolute atomic E-state index is 10.9. The van der Waals surface area contributed by atoms with Crippen molar-refractivity contribution in [2.75, 3.05) is 6.61 Å². The Kier molecular flexibility index (Phi) is 5.16. The second-order valence-corrected chi connectivity index (χ2v) is 3.60. The molecule has 10 heavy (non-hydrogen) atoms. The molecular formula is C7H14O2Si. The number of carbonyl (C=O) groups is 1. The van der Waals surface area contributed by atoms with E-state index in [9.17, 15) is 4.79 Å². The summed E-state index contributed by atoms with van der Waals surface area (Å²) in [6.45, 7) is 8.01. The van der Waals surface area contributed by atoms with Crippen LogP contribution in [-0.2, 0) is 9.22 Å². The zero-order valence-corrected chi connectivity index (χ0v) is 8.06. The molecule has 0 rings (SSSR count). The monoisotopic (exact) mass is 158 g/mol. The molecular weight excluding hydrogens is 144 g/mol. The van der Waals surface area contributed by atoms with Crippen LogP contribution >= 0.6 is 0 Å². The maximum Gasteiger partial charge on any atom is 0.240 e. The maximum atomic E-state index is 10.9. The van der Waals surface area contributed by atoms with Gasteiger partial charge in [0.1, 0.15) is 0 Å². The lowest BCUT2D eigenvalue weighted by molar-refractivity contribution is -0.109. The quantitative estimate of drug-likeness (QED) is 0.333. The first kappa shape index (κ1) is 9.59. The number of carbonyl (C=O) groups excluding carboxylic acids is 1. The minimum absolute atomic E-state index is 0.133. The molecule has 0 aromatic carbocycles. The molecule has 0 aromatic rings. The van der Waals surface area contributed by atoms with Crippen molar-refractivity contribution in [3.05, 3.63) is 12.2 Å². The molecule has 0 unspecified atom stereocenters. The average Bonchev–Trinajstić information content (AvgIpc) is 1.88. The number of hydrogen-bond acceptors (Lipinski definition) is 2. The molecule has 0 heterocycles. The van der Waals surface area contributed by atoms with Crippen molar-refractivity contribution in [1.82, 2.24) is 0 Å². The van der Waals surface area contributed by atoms with Gasteiger partial charge in [0.05, 0.1) is 0 Å². The van der Waals surface area contributed by atoms with Gasteiger partial charge < -0.3 is 4.43 Å². The van der Waals surface area contributed by atoms with E-state index < -0.39 is 9.76 Å². The Morgan fingerprint density at radius 3 is 2.70 bits per heavy atom. The predicted molar refractivity (Wildman–Crippen MR) is 44.6 cm³/mol. The lowest BCUT2D eigenvalue weighted by atomic mass is 10.4. The smallest absolute Gasteiger partial charge is 0.240 e. The molecule has 2 nitrogen and oxygen atoms in total. The van der Waals surface area contributed by atoms with Crippen LogP contribution in [0.15, 0.2) is 12.2 Å². The van der Waals surface area contributed by atoms with Crippen molar-refractivity contribution in [3.63, 3.8) is 0 Å². The summed E-state index contributed by atoms with van der Waals surface area (Å²) in [6.07, 6.45) is 0.983. The van der Waals surface area contributed by atoms with Crippen molar-refractivity contribution in [3.8, 4) is 0 Å². The van der Waals surface area contributed by atoms with E-state index in [1.54, 1.807) is 6.92 Å². The number of hydrogen-bond donors (Lipinski definition) is 0. The highest BCUT2D eigenvalue weighted by Gasteiger charge is 2.01. The van der Waals surface area contributed by atoms with E-state index in [-0.39, 0.29) is 5.41 Å². The molecule has 0 aliphatic heterocycles. The molecule has 0 radical (unpaired) electrons. The molecule has 0 N–H and O–H groups in total. The van der Waals surface area contributed by atoms with Gasteiger partial charge in [0.25, 0.3) is 0 Å². The zero-order chi connectivity index (χ0) is 7.98. The molecule has 0 bridgehead atoms. The normalized spacial score (nSPS) is 10.6. The van der Waals surface area contributed by atoms with Crippen LogP contribution in [0.3, 0.4) is 0 Å². The minimum atomic E-state index is -0.961. The third-order valence-corrected chi connectivity index (χ3v) is 2.42. The first-order chi connectivity index (χ1) is 4.68. The Balaban J connectivity index is 3.31. The lowest BCUT2D eigenvalue weighted by Gasteiger charge is -1.98. The summed E-state index contributed by atoms with van der Waals surface area (Å²) in [7, 11) is -0.961. The van der Waals surface area contributed by atoms with Crippen molar-refractivity contribution < 1.29 is 9.22 Å². The second-order valence-electron chi connectivity index (χ2n) is 2.26. The molecule has 0 aliphatic rings. The highest BCUT2D eigenvalue weighted by molar-refractivity contribution is 6.72. The summed E-state index contributed by atoms with van der Waals surface area (Å²) in [5.74, 6) is 0. The van der Waals surface area contributed by atoms with E-state index in [4.69, 9.17) is 4.43 Å². The van der Waals surface area contributed by atoms with Crippen LogP contribution in [0.2, 0.25) is 0 Å².